The lowest BCUT2D eigenvalue weighted by molar-refractivity contribution is 0.149. The van der Waals surface area contributed by atoms with Gasteiger partial charge in [0.1, 0.15) is 35.0 Å². The molecule has 0 unspecified atom stereocenters. The molecule has 5 rings (SSSR count). The minimum absolute atomic E-state index is 0.0208. The first-order valence-electron chi connectivity index (χ1n) is 9.35. The molecule has 30 heavy (non-hydrogen) atoms. The number of aliphatic hydroxyl groups excluding tert-OH is 1. The highest BCUT2D eigenvalue weighted by molar-refractivity contribution is 5.78. The number of hydrogen-bond acceptors (Lipinski definition) is 8. The van der Waals surface area contributed by atoms with Gasteiger partial charge in [-0.25, -0.2) is 9.67 Å². The van der Waals surface area contributed by atoms with E-state index in [2.05, 4.69) is 20.2 Å². The summed E-state index contributed by atoms with van der Waals surface area (Å²) in [5.41, 5.74) is 2.49. The third-order valence-electron chi connectivity index (χ3n) is 4.91. The zero-order chi connectivity index (χ0) is 20.8. The van der Waals surface area contributed by atoms with E-state index < -0.39 is 6.10 Å². The van der Waals surface area contributed by atoms with Crippen molar-refractivity contribution >= 4 is 22.0 Å². The van der Waals surface area contributed by atoms with Crippen molar-refractivity contribution in [1.29, 1.82) is 0 Å². The highest BCUT2D eigenvalue weighted by Gasteiger charge is 2.19. The summed E-state index contributed by atoms with van der Waals surface area (Å²) in [6, 6.07) is 7.62. The molecule has 0 fully saturated rings. The Morgan fingerprint density at radius 1 is 1.27 bits per heavy atom. The van der Waals surface area contributed by atoms with Crippen LogP contribution in [0.15, 0.2) is 50.5 Å². The van der Waals surface area contributed by atoms with Crippen molar-refractivity contribution in [3.8, 4) is 0 Å². The molecule has 1 N–H and O–H groups in total. The molecule has 1 atom stereocenters. The van der Waals surface area contributed by atoms with Crippen LogP contribution in [0, 0.1) is 6.92 Å². The van der Waals surface area contributed by atoms with Gasteiger partial charge < -0.3 is 18.6 Å². The van der Waals surface area contributed by atoms with Gasteiger partial charge in [0.2, 0.25) is 5.89 Å². The van der Waals surface area contributed by atoms with Gasteiger partial charge in [-0.15, -0.1) is 0 Å². The summed E-state index contributed by atoms with van der Waals surface area (Å²) in [6.07, 6.45) is 2.27. The molecule has 10 heteroatoms. The Morgan fingerprint density at radius 3 is 3.00 bits per heavy atom. The molecule has 1 aromatic carbocycles. The Morgan fingerprint density at radius 2 is 2.13 bits per heavy atom. The van der Waals surface area contributed by atoms with E-state index in [1.54, 1.807) is 24.0 Å². The quantitative estimate of drug-likeness (QED) is 0.469. The van der Waals surface area contributed by atoms with Crippen LogP contribution in [-0.4, -0.2) is 34.6 Å². The largest absolute Gasteiger partial charge is 0.458 e. The maximum atomic E-state index is 12.6. The molecule has 0 aliphatic heterocycles. The number of hydrogen-bond donors (Lipinski definition) is 1. The fourth-order valence-electron chi connectivity index (χ4n) is 3.40. The van der Waals surface area contributed by atoms with E-state index in [-0.39, 0.29) is 24.4 Å². The highest BCUT2D eigenvalue weighted by atomic mass is 16.5. The van der Waals surface area contributed by atoms with E-state index in [9.17, 15) is 9.90 Å². The van der Waals surface area contributed by atoms with E-state index >= 15 is 0 Å². The van der Waals surface area contributed by atoms with Gasteiger partial charge in [0, 0.05) is 18.9 Å². The summed E-state index contributed by atoms with van der Waals surface area (Å²) in [7, 11) is 1.74. The Labute approximate surface area is 169 Å². The van der Waals surface area contributed by atoms with Gasteiger partial charge in [-0.3, -0.25) is 4.79 Å². The molecule has 0 radical (unpaired) electrons. The molecule has 0 aliphatic rings. The monoisotopic (exact) mass is 406 g/mol. The third kappa shape index (κ3) is 3.16. The van der Waals surface area contributed by atoms with Crippen molar-refractivity contribution < 1.29 is 14.0 Å². The summed E-state index contributed by atoms with van der Waals surface area (Å²) >= 11 is 0. The topological polar surface area (TPSA) is 125 Å². The first kappa shape index (κ1) is 18.3. The van der Waals surface area contributed by atoms with Crippen LogP contribution in [0.25, 0.3) is 22.0 Å². The van der Waals surface area contributed by atoms with E-state index in [0.717, 1.165) is 10.9 Å². The number of nitrogens with zero attached hydrogens (tertiary/aromatic N) is 6. The minimum Gasteiger partial charge on any atom is -0.458 e. The van der Waals surface area contributed by atoms with Gasteiger partial charge in [-0.1, -0.05) is 16.8 Å². The van der Waals surface area contributed by atoms with Crippen LogP contribution in [0.3, 0.4) is 0 Å². The molecule has 4 aromatic heterocycles. The highest BCUT2D eigenvalue weighted by Crippen LogP contribution is 2.26. The second-order valence-corrected chi connectivity index (χ2v) is 7.21. The van der Waals surface area contributed by atoms with Gasteiger partial charge in [-0.05, 0) is 25.1 Å². The zero-order valence-electron chi connectivity index (χ0n) is 16.3. The van der Waals surface area contributed by atoms with Crippen LogP contribution < -0.4 is 5.56 Å². The first-order valence-corrected chi connectivity index (χ1v) is 9.35. The minimum atomic E-state index is -0.921. The lowest BCUT2D eigenvalue weighted by atomic mass is 10.1. The van der Waals surface area contributed by atoms with Crippen molar-refractivity contribution in [2.24, 2.45) is 7.05 Å². The molecule has 0 aliphatic carbocycles. The van der Waals surface area contributed by atoms with Crippen molar-refractivity contribution in [1.82, 2.24) is 29.5 Å². The second-order valence-electron chi connectivity index (χ2n) is 7.21. The standard InChI is InChI=1S/C20H18N6O4/c1-11-3-4-15-12(5-11)6-16(29-15)14(27)7-17-23-18(30-24-17)9-26-20(28)19-13(8-22-26)21-10-25(19)2/h3-6,8,10,14,27H,7,9H2,1-2H3/t14-/m0/s1. The number of aliphatic hydroxyl groups is 1. The van der Waals surface area contributed by atoms with E-state index in [4.69, 9.17) is 8.94 Å². The van der Waals surface area contributed by atoms with Crippen molar-refractivity contribution in [2.75, 3.05) is 0 Å². The fraction of sp³-hybridized carbons (Fsp3) is 0.250. The Bertz CT molecular complexity index is 1430. The van der Waals surface area contributed by atoms with Crippen LogP contribution in [0.2, 0.25) is 0 Å². The first-order chi connectivity index (χ1) is 14.5. The van der Waals surface area contributed by atoms with Gasteiger partial charge in [0.05, 0.1) is 12.5 Å². The SMILES string of the molecule is Cc1ccc2oc([C@@H](O)Cc3noc(Cn4ncc5ncn(C)c5c4=O)n3)cc2c1. The maximum absolute atomic E-state index is 12.6. The number of imidazole rings is 1. The zero-order valence-corrected chi connectivity index (χ0v) is 16.3. The molecule has 0 saturated carbocycles. The van der Waals surface area contributed by atoms with Gasteiger partial charge >= 0.3 is 0 Å². The number of aromatic nitrogens is 6. The van der Waals surface area contributed by atoms with Crippen LogP contribution >= 0.6 is 0 Å². The van der Waals surface area contributed by atoms with Crippen LogP contribution in [-0.2, 0) is 20.0 Å². The van der Waals surface area contributed by atoms with Crippen LogP contribution in [0.1, 0.15) is 29.1 Å². The Kier molecular flexibility index (Phi) is 4.21. The fourth-order valence-corrected chi connectivity index (χ4v) is 3.40. The van der Waals surface area contributed by atoms with Crippen molar-refractivity contribution in [2.45, 2.75) is 26.0 Å². The molecule has 0 amide bonds. The van der Waals surface area contributed by atoms with Crippen LogP contribution in [0.4, 0.5) is 0 Å². The number of fused-ring (bicyclic) bond motifs is 2. The average Bonchev–Trinajstić information content (AvgIpc) is 3.43. The normalized spacial score (nSPS) is 12.8. The molecule has 4 heterocycles. The summed E-state index contributed by atoms with van der Waals surface area (Å²) in [5, 5.41) is 19.4. The van der Waals surface area contributed by atoms with Crippen molar-refractivity contribution in [3.63, 3.8) is 0 Å². The van der Waals surface area contributed by atoms with E-state index in [1.807, 2.05) is 25.1 Å². The summed E-state index contributed by atoms with van der Waals surface area (Å²) in [4.78, 5) is 21.0. The van der Waals surface area contributed by atoms with Gasteiger partial charge in [0.25, 0.3) is 5.56 Å². The summed E-state index contributed by atoms with van der Waals surface area (Å²) in [6.45, 7) is 2.02. The number of benzene rings is 1. The number of furan rings is 1. The lowest BCUT2D eigenvalue weighted by Gasteiger charge is -2.03. The molecule has 10 nitrogen and oxygen atoms in total. The summed E-state index contributed by atoms with van der Waals surface area (Å²) < 4.78 is 13.8. The molecule has 152 valence electrons. The molecule has 0 bridgehead atoms. The van der Waals surface area contributed by atoms with Gasteiger partial charge in [0.15, 0.2) is 5.82 Å². The second kappa shape index (κ2) is 6.92. The smallest absolute Gasteiger partial charge is 0.293 e. The summed E-state index contributed by atoms with van der Waals surface area (Å²) in [5.74, 6) is 0.957. The molecule has 0 saturated heterocycles. The lowest BCUT2D eigenvalue weighted by Crippen LogP contribution is -2.24. The van der Waals surface area contributed by atoms with Gasteiger partial charge in [-0.2, -0.15) is 10.1 Å². The third-order valence-corrected chi connectivity index (χ3v) is 4.91. The number of aryl methyl sites for hydroxylation is 2. The average molecular weight is 406 g/mol. The molecular formula is C20H18N6O4. The molecular weight excluding hydrogens is 388 g/mol. The predicted molar refractivity (Wildman–Crippen MR) is 106 cm³/mol. The number of rotatable bonds is 5. The molecule has 0 spiro atoms. The maximum Gasteiger partial charge on any atom is 0.293 e. The molecule has 5 aromatic rings. The Balaban J connectivity index is 1.34. The van der Waals surface area contributed by atoms with E-state index in [0.29, 0.717) is 28.2 Å². The van der Waals surface area contributed by atoms with Crippen molar-refractivity contribution in [3.05, 3.63) is 70.2 Å². The van der Waals surface area contributed by atoms with E-state index in [1.165, 1.54) is 10.9 Å². The predicted octanol–water partition coefficient (Wildman–Crippen LogP) is 1.89. The Hall–Kier alpha value is -3.79. The van der Waals surface area contributed by atoms with Crippen LogP contribution in [0.5, 0.6) is 0 Å².